The fraction of sp³-hybridized carbons (Fsp3) is 0. The Balaban J connectivity index is 2.68. The van der Waals surface area contributed by atoms with E-state index < -0.39 is 10.0 Å². The van der Waals surface area contributed by atoms with Crippen LogP contribution in [-0.2, 0) is 10.0 Å². The lowest BCUT2D eigenvalue weighted by atomic mass is 10.1. The first-order valence-corrected chi connectivity index (χ1v) is 5.65. The van der Waals surface area contributed by atoms with Gasteiger partial charge in [0.05, 0.1) is 11.1 Å². The molecular weight excluding hydrogens is 216 g/mol. The van der Waals surface area contributed by atoms with Crippen LogP contribution >= 0.6 is 0 Å². The number of nitrogens with zero attached hydrogens (tertiary/aromatic N) is 1. The molecule has 0 aliphatic carbocycles. The number of primary sulfonamides is 1. The lowest BCUT2D eigenvalue weighted by Crippen LogP contribution is -2.13. The van der Waals surface area contributed by atoms with Crippen molar-refractivity contribution in [3.63, 3.8) is 0 Å². The fourth-order valence-corrected chi connectivity index (χ4v) is 2.05. The molecule has 15 heavy (non-hydrogen) atoms. The average molecular weight is 224 g/mol. The van der Waals surface area contributed by atoms with Gasteiger partial charge < -0.3 is 4.52 Å². The number of benzene rings is 1. The molecule has 2 N–H and O–H groups in total. The van der Waals surface area contributed by atoms with Crippen molar-refractivity contribution in [2.24, 2.45) is 5.14 Å². The van der Waals surface area contributed by atoms with Crippen molar-refractivity contribution in [1.82, 2.24) is 5.16 Å². The Morgan fingerprint density at radius 3 is 2.60 bits per heavy atom. The second kappa shape index (κ2) is 3.48. The van der Waals surface area contributed by atoms with Gasteiger partial charge in [-0.25, -0.2) is 13.6 Å². The van der Waals surface area contributed by atoms with Crippen LogP contribution in [0.1, 0.15) is 0 Å². The van der Waals surface area contributed by atoms with Gasteiger partial charge in [-0.2, -0.15) is 0 Å². The number of hydrogen-bond donors (Lipinski definition) is 1. The molecule has 1 heterocycles. The molecule has 6 heteroatoms. The quantitative estimate of drug-likeness (QED) is 0.824. The summed E-state index contributed by atoms with van der Waals surface area (Å²) in [4.78, 5) is 0.0631. The van der Waals surface area contributed by atoms with E-state index in [1.54, 1.807) is 18.2 Å². The van der Waals surface area contributed by atoms with Crippen molar-refractivity contribution in [2.75, 3.05) is 0 Å². The third-order valence-corrected chi connectivity index (χ3v) is 2.91. The summed E-state index contributed by atoms with van der Waals surface area (Å²) in [6.45, 7) is 0. The molecule has 0 saturated heterocycles. The van der Waals surface area contributed by atoms with Crippen LogP contribution < -0.4 is 5.14 Å². The van der Waals surface area contributed by atoms with E-state index in [1.807, 2.05) is 0 Å². The van der Waals surface area contributed by atoms with Crippen molar-refractivity contribution in [1.29, 1.82) is 0 Å². The molecule has 78 valence electrons. The first-order chi connectivity index (χ1) is 7.09. The zero-order chi connectivity index (χ0) is 10.9. The van der Waals surface area contributed by atoms with Crippen LogP contribution in [-0.4, -0.2) is 13.6 Å². The maximum atomic E-state index is 11.3. The van der Waals surface area contributed by atoms with Crippen LogP contribution in [0.3, 0.4) is 0 Å². The summed E-state index contributed by atoms with van der Waals surface area (Å²) in [5.41, 5.74) is 1.07. The molecule has 0 aliphatic heterocycles. The maximum absolute atomic E-state index is 11.3. The lowest BCUT2D eigenvalue weighted by molar-refractivity contribution is 0.420. The summed E-state index contributed by atoms with van der Waals surface area (Å²) >= 11 is 0. The van der Waals surface area contributed by atoms with E-state index in [4.69, 9.17) is 5.14 Å². The highest BCUT2D eigenvalue weighted by molar-refractivity contribution is 7.89. The minimum Gasteiger partial charge on any atom is -0.364 e. The summed E-state index contributed by atoms with van der Waals surface area (Å²) in [5.74, 6) is 0. The highest BCUT2D eigenvalue weighted by atomic mass is 32.2. The standard InChI is InChI=1S/C9H8N2O3S/c10-15(12,13)9-4-2-1-3-8(9)7-5-11-14-6-7/h1-6H,(H2,10,12,13). The van der Waals surface area contributed by atoms with Gasteiger partial charge >= 0.3 is 0 Å². The summed E-state index contributed by atoms with van der Waals surface area (Å²) in [5, 5.41) is 8.60. The normalized spacial score (nSPS) is 11.5. The van der Waals surface area contributed by atoms with Crippen molar-refractivity contribution < 1.29 is 12.9 Å². The van der Waals surface area contributed by atoms with E-state index in [2.05, 4.69) is 9.68 Å². The van der Waals surface area contributed by atoms with Crippen LogP contribution in [0, 0.1) is 0 Å². The smallest absolute Gasteiger partial charge is 0.238 e. The Hall–Kier alpha value is -1.66. The van der Waals surface area contributed by atoms with Gasteiger partial charge in [0, 0.05) is 11.1 Å². The molecule has 0 bridgehead atoms. The van der Waals surface area contributed by atoms with E-state index in [0.29, 0.717) is 11.1 Å². The third-order valence-electron chi connectivity index (χ3n) is 1.94. The van der Waals surface area contributed by atoms with Crippen LogP contribution in [0.2, 0.25) is 0 Å². The van der Waals surface area contributed by atoms with Gasteiger partial charge in [-0.15, -0.1) is 0 Å². The van der Waals surface area contributed by atoms with E-state index in [9.17, 15) is 8.42 Å². The lowest BCUT2D eigenvalue weighted by Gasteiger charge is -2.03. The topological polar surface area (TPSA) is 86.2 Å². The zero-order valence-corrected chi connectivity index (χ0v) is 8.44. The molecule has 1 aromatic heterocycles. The van der Waals surface area contributed by atoms with Crippen molar-refractivity contribution in [3.8, 4) is 11.1 Å². The Labute approximate surface area is 86.6 Å². The van der Waals surface area contributed by atoms with Gasteiger partial charge in [0.25, 0.3) is 0 Å². The summed E-state index contributed by atoms with van der Waals surface area (Å²) in [7, 11) is -3.73. The van der Waals surface area contributed by atoms with Crippen LogP contribution in [0.15, 0.2) is 46.1 Å². The number of aromatic nitrogens is 1. The number of sulfonamides is 1. The third kappa shape index (κ3) is 1.90. The Bertz CT molecular complexity index is 561. The molecule has 0 saturated carbocycles. The predicted octanol–water partition coefficient (Wildman–Crippen LogP) is 0.989. The van der Waals surface area contributed by atoms with Crippen molar-refractivity contribution >= 4 is 10.0 Å². The highest BCUT2D eigenvalue weighted by Crippen LogP contribution is 2.25. The molecule has 0 radical (unpaired) electrons. The Morgan fingerprint density at radius 1 is 1.27 bits per heavy atom. The molecule has 0 unspecified atom stereocenters. The van der Waals surface area contributed by atoms with E-state index >= 15 is 0 Å². The maximum Gasteiger partial charge on any atom is 0.238 e. The second-order valence-electron chi connectivity index (χ2n) is 2.95. The first-order valence-electron chi connectivity index (χ1n) is 4.10. The van der Waals surface area contributed by atoms with Gasteiger partial charge in [0.15, 0.2) is 0 Å². The zero-order valence-electron chi connectivity index (χ0n) is 7.62. The van der Waals surface area contributed by atoms with Crippen LogP contribution in [0.25, 0.3) is 11.1 Å². The molecule has 0 fully saturated rings. The number of nitrogens with two attached hydrogens (primary N) is 1. The van der Waals surface area contributed by atoms with Gasteiger partial charge in [0.1, 0.15) is 6.26 Å². The molecule has 1 aromatic carbocycles. The van der Waals surface area contributed by atoms with E-state index in [0.717, 1.165) is 0 Å². The molecule has 0 atom stereocenters. The monoisotopic (exact) mass is 224 g/mol. The van der Waals surface area contributed by atoms with Crippen molar-refractivity contribution in [3.05, 3.63) is 36.7 Å². The van der Waals surface area contributed by atoms with Gasteiger partial charge in [-0.3, -0.25) is 0 Å². The van der Waals surface area contributed by atoms with E-state index in [-0.39, 0.29) is 4.90 Å². The average Bonchev–Trinajstić information content (AvgIpc) is 2.69. The minimum atomic E-state index is -3.73. The minimum absolute atomic E-state index is 0.0631. The predicted molar refractivity (Wildman–Crippen MR) is 53.3 cm³/mol. The fourth-order valence-electron chi connectivity index (χ4n) is 1.29. The molecule has 0 spiro atoms. The molecule has 5 nitrogen and oxygen atoms in total. The van der Waals surface area contributed by atoms with Gasteiger partial charge in [-0.1, -0.05) is 23.4 Å². The number of rotatable bonds is 2. The summed E-state index contributed by atoms with van der Waals surface area (Å²) in [6, 6.07) is 6.41. The highest BCUT2D eigenvalue weighted by Gasteiger charge is 2.15. The second-order valence-corrected chi connectivity index (χ2v) is 4.48. The molecule has 2 aromatic rings. The summed E-state index contributed by atoms with van der Waals surface area (Å²) in [6.07, 6.45) is 2.80. The summed E-state index contributed by atoms with van der Waals surface area (Å²) < 4.78 is 27.2. The molecule has 2 rings (SSSR count). The Kier molecular flexibility index (Phi) is 2.29. The van der Waals surface area contributed by atoms with Crippen LogP contribution in [0.5, 0.6) is 0 Å². The van der Waals surface area contributed by atoms with Gasteiger partial charge in [0.2, 0.25) is 10.0 Å². The number of hydrogen-bond acceptors (Lipinski definition) is 4. The van der Waals surface area contributed by atoms with E-state index in [1.165, 1.54) is 18.5 Å². The molecule has 0 aliphatic rings. The Morgan fingerprint density at radius 2 is 2.00 bits per heavy atom. The molecular formula is C9H8N2O3S. The van der Waals surface area contributed by atoms with Crippen LogP contribution in [0.4, 0.5) is 0 Å². The SMILES string of the molecule is NS(=O)(=O)c1ccccc1-c1cnoc1. The van der Waals surface area contributed by atoms with Gasteiger partial charge in [-0.05, 0) is 6.07 Å². The van der Waals surface area contributed by atoms with Crippen molar-refractivity contribution in [2.45, 2.75) is 4.90 Å². The first kappa shape index (κ1) is 9.88. The molecule has 0 amide bonds. The largest absolute Gasteiger partial charge is 0.364 e.